The van der Waals surface area contributed by atoms with Gasteiger partial charge in [-0.25, -0.2) is 4.98 Å². The molecule has 2 aromatic rings. The first-order valence-corrected chi connectivity index (χ1v) is 9.84. The first kappa shape index (κ1) is 17.3. The maximum Gasteiger partial charge on any atom is 0.289 e. The Kier molecular flexibility index (Phi) is 5.11. The molecule has 2 fully saturated rings. The fraction of sp³-hybridized carbons (Fsp3) is 0.600. The van der Waals surface area contributed by atoms with Crippen molar-refractivity contribution in [2.45, 2.75) is 51.0 Å². The van der Waals surface area contributed by atoms with Gasteiger partial charge in [0.2, 0.25) is 0 Å². The van der Waals surface area contributed by atoms with Crippen LogP contribution in [-0.4, -0.2) is 51.9 Å². The Balaban J connectivity index is 1.36. The number of H-pyrrole nitrogens is 1. The number of imidazole rings is 1. The lowest BCUT2D eigenvalue weighted by Crippen LogP contribution is -2.38. The summed E-state index contributed by atoms with van der Waals surface area (Å²) >= 11 is 0. The highest BCUT2D eigenvalue weighted by Crippen LogP contribution is 2.28. The second kappa shape index (κ2) is 7.66. The van der Waals surface area contributed by atoms with Crippen LogP contribution in [0.1, 0.15) is 73.1 Å². The molecule has 0 aliphatic carbocycles. The zero-order chi connectivity index (χ0) is 17.9. The van der Waals surface area contributed by atoms with Crippen molar-refractivity contribution in [1.82, 2.24) is 19.8 Å². The summed E-state index contributed by atoms with van der Waals surface area (Å²) in [6, 6.07) is 4.06. The molecule has 2 saturated heterocycles. The van der Waals surface area contributed by atoms with Gasteiger partial charge in [0.1, 0.15) is 11.6 Å². The Hall–Kier alpha value is -2.08. The predicted molar refractivity (Wildman–Crippen MR) is 99.0 cm³/mol. The number of carbonyl (C=O) groups is 1. The van der Waals surface area contributed by atoms with E-state index in [9.17, 15) is 4.79 Å². The van der Waals surface area contributed by atoms with Gasteiger partial charge in [-0.3, -0.25) is 9.69 Å². The molecule has 140 valence electrons. The van der Waals surface area contributed by atoms with E-state index in [2.05, 4.69) is 21.8 Å². The number of amides is 1. The molecule has 0 spiro atoms. The van der Waals surface area contributed by atoms with Crippen molar-refractivity contribution in [3.63, 3.8) is 0 Å². The van der Waals surface area contributed by atoms with Crippen LogP contribution in [0.5, 0.6) is 0 Å². The van der Waals surface area contributed by atoms with E-state index >= 15 is 0 Å². The number of hydrogen-bond acceptors (Lipinski definition) is 4. The molecule has 1 amide bonds. The molecular formula is C20H28N4O2. The number of nitrogens with zero attached hydrogens (tertiary/aromatic N) is 3. The normalized spacial score (nSPS) is 21.0. The van der Waals surface area contributed by atoms with Gasteiger partial charge in [0.25, 0.3) is 5.91 Å². The first-order chi connectivity index (χ1) is 12.7. The topological polar surface area (TPSA) is 65.4 Å². The number of aromatic nitrogens is 2. The van der Waals surface area contributed by atoms with Gasteiger partial charge in [0, 0.05) is 31.4 Å². The highest BCUT2D eigenvalue weighted by Gasteiger charge is 2.28. The summed E-state index contributed by atoms with van der Waals surface area (Å²) in [5.41, 5.74) is 0. The highest BCUT2D eigenvalue weighted by atomic mass is 16.4. The van der Waals surface area contributed by atoms with E-state index in [0.29, 0.717) is 11.7 Å². The average Bonchev–Trinajstić information content (AvgIpc) is 3.40. The first-order valence-electron chi connectivity index (χ1n) is 9.84. The van der Waals surface area contributed by atoms with Crippen molar-refractivity contribution in [1.29, 1.82) is 0 Å². The summed E-state index contributed by atoms with van der Waals surface area (Å²) in [6.07, 6.45) is 9.36. The van der Waals surface area contributed by atoms with Gasteiger partial charge < -0.3 is 14.3 Å². The zero-order valence-electron chi connectivity index (χ0n) is 15.5. The van der Waals surface area contributed by atoms with Gasteiger partial charge in [-0.15, -0.1) is 0 Å². The molecule has 6 nitrogen and oxygen atoms in total. The van der Waals surface area contributed by atoms with Gasteiger partial charge in [0.05, 0.1) is 6.04 Å². The number of carbonyl (C=O) groups excluding carboxylic acids is 1. The van der Waals surface area contributed by atoms with Crippen molar-refractivity contribution in [3.8, 4) is 0 Å². The standard InChI is InChI=1S/C20H28N4O2/c1-15(23-11-3-2-4-12-23)17-5-6-18(26-17)20(25)24-13-7-16(8-14-24)19-21-9-10-22-19/h5-6,9-10,15-16H,2-4,7-8,11-14H2,1H3,(H,21,22)/t15-/m0/s1. The van der Waals surface area contributed by atoms with Crippen molar-refractivity contribution in [2.24, 2.45) is 0 Å². The van der Waals surface area contributed by atoms with Crippen LogP contribution < -0.4 is 0 Å². The monoisotopic (exact) mass is 356 g/mol. The summed E-state index contributed by atoms with van der Waals surface area (Å²) < 4.78 is 5.96. The molecular weight excluding hydrogens is 328 g/mol. The van der Waals surface area contributed by atoms with Crippen LogP contribution in [0.2, 0.25) is 0 Å². The van der Waals surface area contributed by atoms with Crippen LogP contribution in [0.25, 0.3) is 0 Å². The van der Waals surface area contributed by atoms with Crippen LogP contribution in [-0.2, 0) is 0 Å². The third-order valence-corrected chi connectivity index (χ3v) is 5.88. The molecule has 0 saturated carbocycles. The van der Waals surface area contributed by atoms with E-state index in [-0.39, 0.29) is 11.9 Å². The second-order valence-corrected chi connectivity index (χ2v) is 7.52. The van der Waals surface area contributed by atoms with Gasteiger partial charge in [0.15, 0.2) is 5.76 Å². The minimum atomic E-state index is 0.0139. The van der Waals surface area contributed by atoms with Gasteiger partial charge in [-0.05, 0) is 57.8 Å². The molecule has 0 aromatic carbocycles. The number of hydrogen-bond donors (Lipinski definition) is 1. The molecule has 2 aliphatic heterocycles. The van der Waals surface area contributed by atoms with Gasteiger partial charge in [-0.2, -0.15) is 0 Å². The zero-order valence-corrected chi connectivity index (χ0v) is 15.5. The lowest BCUT2D eigenvalue weighted by atomic mass is 9.96. The summed E-state index contributed by atoms with van der Waals surface area (Å²) in [5.74, 6) is 2.84. The fourth-order valence-corrected chi connectivity index (χ4v) is 4.19. The summed E-state index contributed by atoms with van der Waals surface area (Å²) in [4.78, 5) is 24.7. The lowest BCUT2D eigenvalue weighted by molar-refractivity contribution is 0.0671. The number of aromatic amines is 1. The molecule has 0 unspecified atom stereocenters. The molecule has 0 bridgehead atoms. The SMILES string of the molecule is C[C@@H](c1ccc(C(=O)N2CCC(c3ncc[nH]3)CC2)o1)N1CCCCC1. The van der Waals surface area contributed by atoms with Crippen LogP contribution >= 0.6 is 0 Å². The molecule has 6 heteroatoms. The third kappa shape index (κ3) is 3.56. The van der Waals surface area contributed by atoms with E-state index < -0.39 is 0 Å². The molecule has 2 aromatic heterocycles. The van der Waals surface area contributed by atoms with Crippen molar-refractivity contribution in [2.75, 3.05) is 26.2 Å². The highest BCUT2D eigenvalue weighted by molar-refractivity contribution is 5.91. The van der Waals surface area contributed by atoms with Crippen molar-refractivity contribution in [3.05, 3.63) is 41.9 Å². The van der Waals surface area contributed by atoms with Gasteiger partial charge in [-0.1, -0.05) is 6.42 Å². The maximum absolute atomic E-state index is 12.8. The molecule has 0 radical (unpaired) electrons. The van der Waals surface area contributed by atoms with E-state index in [1.54, 1.807) is 6.20 Å². The molecule has 4 rings (SSSR count). The smallest absolute Gasteiger partial charge is 0.289 e. The molecule has 1 atom stereocenters. The minimum absolute atomic E-state index is 0.0139. The van der Waals surface area contributed by atoms with Gasteiger partial charge >= 0.3 is 0 Å². The van der Waals surface area contributed by atoms with Crippen molar-refractivity contribution >= 4 is 5.91 Å². The van der Waals surface area contributed by atoms with Crippen molar-refractivity contribution < 1.29 is 9.21 Å². The number of rotatable bonds is 4. The third-order valence-electron chi connectivity index (χ3n) is 5.88. The molecule has 2 aliphatic rings. The maximum atomic E-state index is 12.8. The van der Waals surface area contributed by atoms with E-state index in [4.69, 9.17) is 4.42 Å². The minimum Gasteiger partial charge on any atom is -0.454 e. The molecule has 26 heavy (non-hydrogen) atoms. The van der Waals surface area contributed by atoms with Crippen LogP contribution in [0.3, 0.4) is 0 Å². The average molecular weight is 356 g/mol. The number of piperidine rings is 2. The van der Waals surface area contributed by atoms with E-state index in [0.717, 1.165) is 50.6 Å². The van der Waals surface area contributed by atoms with Crippen LogP contribution in [0.4, 0.5) is 0 Å². The largest absolute Gasteiger partial charge is 0.454 e. The Morgan fingerprint density at radius 2 is 1.96 bits per heavy atom. The fourth-order valence-electron chi connectivity index (χ4n) is 4.19. The van der Waals surface area contributed by atoms with Crippen LogP contribution in [0, 0.1) is 0 Å². The Morgan fingerprint density at radius 3 is 2.65 bits per heavy atom. The summed E-state index contributed by atoms with van der Waals surface area (Å²) in [6.45, 7) is 5.91. The molecule has 1 N–H and O–H groups in total. The Morgan fingerprint density at radius 1 is 1.19 bits per heavy atom. The van der Waals surface area contributed by atoms with E-state index in [1.165, 1.54) is 19.3 Å². The van der Waals surface area contributed by atoms with E-state index in [1.807, 2.05) is 23.2 Å². The molecule has 4 heterocycles. The number of furan rings is 1. The summed E-state index contributed by atoms with van der Waals surface area (Å²) in [5, 5.41) is 0. The number of nitrogens with one attached hydrogen (secondary N) is 1. The van der Waals surface area contributed by atoms with Crippen LogP contribution in [0.15, 0.2) is 28.9 Å². The number of likely N-dealkylation sites (tertiary alicyclic amines) is 2. The predicted octanol–water partition coefficient (Wildman–Crippen LogP) is 3.57. The Labute approximate surface area is 154 Å². The quantitative estimate of drug-likeness (QED) is 0.909. The summed E-state index contributed by atoms with van der Waals surface area (Å²) in [7, 11) is 0. The Bertz CT molecular complexity index is 710. The lowest BCUT2D eigenvalue weighted by Gasteiger charge is -2.31. The second-order valence-electron chi connectivity index (χ2n) is 7.52.